The number of anilines is 1. The summed E-state index contributed by atoms with van der Waals surface area (Å²) in [5, 5.41) is 4.26. The van der Waals surface area contributed by atoms with Gasteiger partial charge in [0.25, 0.3) is 0 Å². The van der Waals surface area contributed by atoms with E-state index >= 15 is 0 Å². The molecule has 4 aromatic rings. The van der Waals surface area contributed by atoms with Crippen molar-refractivity contribution in [2.75, 3.05) is 25.2 Å². The van der Waals surface area contributed by atoms with Gasteiger partial charge >= 0.3 is 0 Å². The van der Waals surface area contributed by atoms with Crippen LogP contribution in [0.4, 0.5) is 5.69 Å². The summed E-state index contributed by atoms with van der Waals surface area (Å²) in [5.41, 5.74) is 3.09. The fraction of sp³-hybridized carbons (Fsp3) is 0.333. The summed E-state index contributed by atoms with van der Waals surface area (Å²) >= 11 is 0. The number of carbonyl (C=O) groups excluding carboxylic acids is 2. The minimum absolute atomic E-state index is 0.0860. The van der Waals surface area contributed by atoms with E-state index in [1.165, 1.54) is 6.42 Å². The van der Waals surface area contributed by atoms with Gasteiger partial charge in [-0.05, 0) is 54.3 Å². The van der Waals surface area contributed by atoms with E-state index in [-0.39, 0.29) is 24.3 Å². The molecule has 1 atom stereocenters. The molecule has 1 aliphatic heterocycles. The van der Waals surface area contributed by atoms with Gasteiger partial charge in [-0.25, -0.2) is 0 Å². The Morgan fingerprint density at radius 2 is 1.73 bits per heavy atom. The van der Waals surface area contributed by atoms with Crippen molar-refractivity contribution in [1.29, 1.82) is 0 Å². The lowest BCUT2D eigenvalue weighted by Crippen LogP contribution is -2.47. The summed E-state index contributed by atoms with van der Waals surface area (Å²) < 4.78 is 17.0. The van der Waals surface area contributed by atoms with Crippen LogP contribution in [0.2, 0.25) is 0 Å². The lowest BCUT2D eigenvalue weighted by molar-refractivity contribution is -0.127. The average molecular weight is 554 g/mol. The zero-order chi connectivity index (χ0) is 28.2. The van der Waals surface area contributed by atoms with Crippen LogP contribution < -0.4 is 24.4 Å². The Morgan fingerprint density at radius 3 is 2.51 bits per heavy atom. The van der Waals surface area contributed by atoms with Crippen molar-refractivity contribution in [1.82, 2.24) is 10.3 Å². The van der Waals surface area contributed by atoms with E-state index in [2.05, 4.69) is 10.3 Å². The van der Waals surface area contributed by atoms with Crippen LogP contribution in [0.3, 0.4) is 0 Å². The number of H-pyrrole nitrogens is 1. The minimum Gasteiger partial charge on any atom is -0.497 e. The first-order valence-electron chi connectivity index (χ1n) is 14.3. The first-order chi connectivity index (χ1) is 20.1. The molecule has 2 amide bonds. The molecule has 0 unspecified atom stereocenters. The molecule has 1 saturated carbocycles. The third-order valence-electron chi connectivity index (χ3n) is 7.98. The second-order valence-electron chi connectivity index (χ2n) is 10.6. The van der Waals surface area contributed by atoms with Crippen molar-refractivity contribution in [3.8, 4) is 17.2 Å². The summed E-state index contributed by atoms with van der Waals surface area (Å²) in [6, 6.07) is 19.9. The predicted molar refractivity (Wildman–Crippen MR) is 158 cm³/mol. The van der Waals surface area contributed by atoms with Gasteiger partial charge in [-0.2, -0.15) is 0 Å². The van der Waals surface area contributed by atoms with Gasteiger partial charge in [-0.1, -0.05) is 49.6 Å². The van der Waals surface area contributed by atoms with Gasteiger partial charge in [0.05, 0.1) is 13.5 Å². The van der Waals surface area contributed by atoms with E-state index in [1.807, 2.05) is 60.8 Å². The quantitative estimate of drug-likeness (QED) is 0.291. The number of ether oxygens (including phenoxy) is 3. The van der Waals surface area contributed by atoms with Gasteiger partial charge in [0.15, 0.2) is 11.5 Å². The highest BCUT2D eigenvalue weighted by Crippen LogP contribution is 2.38. The number of aromatic amines is 1. The molecule has 3 aromatic carbocycles. The molecule has 0 spiro atoms. The van der Waals surface area contributed by atoms with Crippen LogP contribution in [-0.2, 0) is 16.0 Å². The second kappa shape index (κ2) is 12.0. The monoisotopic (exact) mass is 553 g/mol. The van der Waals surface area contributed by atoms with Gasteiger partial charge in [-0.3, -0.25) is 14.5 Å². The Kier molecular flexibility index (Phi) is 7.80. The summed E-state index contributed by atoms with van der Waals surface area (Å²) in [6.45, 7) is 0.887. The second-order valence-corrected chi connectivity index (χ2v) is 10.6. The van der Waals surface area contributed by atoms with Crippen LogP contribution in [0.1, 0.15) is 49.3 Å². The Labute approximate surface area is 239 Å². The fourth-order valence-electron chi connectivity index (χ4n) is 5.88. The fourth-order valence-corrected chi connectivity index (χ4v) is 5.88. The molecule has 6 rings (SSSR count). The molecule has 2 aliphatic rings. The summed E-state index contributed by atoms with van der Waals surface area (Å²) in [6.07, 6.45) is 7.22. The maximum atomic E-state index is 14.4. The van der Waals surface area contributed by atoms with Crippen LogP contribution in [0, 0.1) is 0 Å². The SMILES string of the molecule is COc1ccc([C@H](C(=O)NC2CCCCC2)N(C(=O)Cc2c[nH]c3ccccc23)c2ccc3c(c2)OCCO3)cc1. The maximum Gasteiger partial charge on any atom is 0.248 e. The molecular formula is C33H35N3O5. The highest BCUT2D eigenvalue weighted by Gasteiger charge is 2.35. The van der Waals surface area contributed by atoms with E-state index in [0.29, 0.717) is 41.7 Å². The topological polar surface area (TPSA) is 92.9 Å². The molecule has 41 heavy (non-hydrogen) atoms. The number of para-hydroxylation sites is 1. The number of rotatable bonds is 8. The van der Waals surface area contributed by atoms with Crippen LogP contribution >= 0.6 is 0 Å². The van der Waals surface area contributed by atoms with Gasteiger partial charge in [0, 0.05) is 34.9 Å². The maximum absolute atomic E-state index is 14.4. The molecular weight excluding hydrogens is 518 g/mol. The van der Waals surface area contributed by atoms with Crippen molar-refractivity contribution >= 4 is 28.4 Å². The van der Waals surface area contributed by atoms with Gasteiger partial charge < -0.3 is 24.5 Å². The number of nitrogens with zero attached hydrogens (tertiary/aromatic N) is 1. The number of carbonyl (C=O) groups is 2. The first-order valence-corrected chi connectivity index (χ1v) is 14.3. The van der Waals surface area contributed by atoms with Crippen molar-refractivity contribution in [2.24, 2.45) is 0 Å². The molecule has 1 fully saturated rings. The number of aromatic nitrogens is 1. The Morgan fingerprint density at radius 1 is 0.976 bits per heavy atom. The Bertz CT molecular complexity index is 1520. The summed E-state index contributed by atoms with van der Waals surface area (Å²) in [5.74, 6) is 1.45. The zero-order valence-corrected chi connectivity index (χ0v) is 23.2. The third kappa shape index (κ3) is 5.73. The van der Waals surface area contributed by atoms with Gasteiger partial charge in [0.2, 0.25) is 11.8 Å². The molecule has 0 saturated heterocycles. The highest BCUT2D eigenvalue weighted by atomic mass is 16.6. The molecule has 212 valence electrons. The van der Waals surface area contributed by atoms with Crippen molar-refractivity contribution in [2.45, 2.75) is 50.6 Å². The van der Waals surface area contributed by atoms with E-state index < -0.39 is 6.04 Å². The summed E-state index contributed by atoms with van der Waals surface area (Å²) in [7, 11) is 1.61. The molecule has 0 radical (unpaired) electrons. The number of fused-ring (bicyclic) bond motifs is 2. The van der Waals surface area contributed by atoms with E-state index in [1.54, 1.807) is 24.1 Å². The Hall–Kier alpha value is -4.46. The molecule has 8 nitrogen and oxygen atoms in total. The van der Waals surface area contributed by atoms with E-state index in [0.717, 1.165) is 42.1 Å². The molecule has 1 aliphatic carbocycles. The van der Waals surface area contributed by atoms with Crippen LogP contribution in [0.15, 0.2) is 72.9 Å². The molecule has 2 N–H and O–H groups in total. The Balaban J connectivity index is 1.43. The largest absolute Gasteiger partial charge is 0.497 e. The van der Waals surface area contributed by atoms with Gasteiger partial charge in [-0.15, -0.1) is 0 Å². The lowest BCUT2D eigenvalue weighted by atomic mass is 9.94. The standard InChI is InChI=1S/C33H35N3O5/c1-39-26-14-11-22(12-15-26)32(33(38)35-24-7-3-2-4-8-24)36(25-13-16-29-30(20-25)41-18-17-40-29)31(37)19-23-21-34-28-10-6-5-9-27(23)28/h5-6,9-16,20-21,24,32,34H,2-4,7-8,17-19H2,1H3,(H,35,38)/t32-/m1/s1. The van der Waals surface area contributed by atoms with Crippen LogP contribution in [-0.4, -0.2) is 43.2 Å². The summed E-state index contributed by atoms with van der Waals surface area (Å²) in [4.78, 5) is 33.5. The predicted octanol–water partition coefficient (Wildman–Crippen LogP) is 5.71. The van der Waals surface area contributed by atoms with E-state index in [9.17, 15) is 9.59 Å². The van der Waals surface area contributed by atoms with Crippen molar-refractivity contribution < 1.29 is 23.8 Å². The van der Waals surface area contributed by atoms with Crippen LogP contribution in [0.5, 0.6) is 17.2 Å². The van der Waals surface area contributed by atoms with Crippen LogP contribution in [0.25, 0.3) is 10.9 Å². The van der Waals surface area contributed by atoms with Crippen molar-refractivity contribution in [3.63, 3.8) is 0 Å². The first kappa shape index (κ1) is 26.7. The number of methoxy groups -OCH3 is 1. The minimum atomic E-state index is -0.900. The molecule has 1 aromatic heterocycles. The van der Waals surface area contributed by atoms with Crippen molar-refractivity contribution in [3.05, 3.63) is 84.1 Å². The number of hydrogen-bond donors (Lipinski definition) is 2. The average Bonchev–Trinajstić information content (AvgIpc) is 3.42. The highest BCUT2D eigenvalue weighted by molar-refractivity contribution is 6.03. The number of nitrogens with one attached hydrogen (secondary N) is 2. The zero-order valence-electron chi connectivity index (χ0n) is 23.2. The number of benzene rings is 3. The molecule has 8 heteroatoms. The third-order valence-corrected chi connectivity index (χ3v) is 7.98. The number of amides is 2. The van der Waals surface area contributed by atoms with Gasteiger partial charge in [0.1, 0.15) is 25.0 Å². The lowest BCUT2D eigenvalue weighted by Gasteiger charge is -2.34. The molecule has 2 heterocycles. The normalized spacial score (nSPS) is 15.7. The smallest absolute Gasteiger partial charge is 0.248 e. The van der Waals surface area contributed by atoms with E-state index in [4.69, 9.17) is 14.2 Å². The number of hydrogen-bond acceptors (Lipinski definition) is 5. The molecule has 0 bridgehead atoms.